The molecule has 0 bridgehead atoms. The molecule has 0 saturated carbocycles. The lowest BCUT2D eigenvalue weighted by Crippen LogP contribution is -2.30. The van der Waals surface area contributed by atoms with Gasteiger partial charge in [-0.3, -0.25) is 9.59 Å². The van der Waals surface area contributed by atoms with Gasteiger partial charge in [-0.05, 0) is 26.0 Å². The highest BCUT2D eigenvalue weighted by Crippen LogP contribution is 2.12. The number of hydrogen-bond acceptors (Lipinski definition) is 4. The van der Waals surface area contributed by atoms with Gasteiger partial charge in [0.1, 0.15) is 0 Å². The molecule has 0 heterocycles. The number of methoxy groups -OCH3 is 1. The van der Waals surface area contributed by atoms with E-state index in [2.05, 4.69) is 4.74 Å². The summed E-state index contributed by atoms with van der Waals surface area (Å²) in [5.74, 6) is 1.65. The summed E-state index contributed by atoms with van der Waals surface area (Å²) < 4.78 is 4.65. The Hall–Kier alpha value is -0.710. The van der Waals surface area contributed by atoms with E-state index >= 15 is 0 Å². The topological polar surface area (TPSA) is 46.6 Å². The van der Waals surface area contributed by atoms with Gasteiger partial charge in [0.15, 0.2) is 0 Å². The lowest BCUT2D eigenvalue weighted by atomic mass is 10.2. The Labute approximate surface area is 114 Å². The van der Waals surface area contributed by atoms with E-state index in [1.807, 2.05) is 25.7 Å². The first-order chi connectivity index (χ1) is 8.56. The largest absolute Gasteiger partial charge is 0.469 e. The predicted octanol–water partition coefficient (Wildman–Crippen LogP) is 2.18. The minimum absolute atomic E-state index is 0.0708. The van der Waals surface area contributed by atoms with Crippen LogP contribution in [0.1, 0.15) is 33.6 Å². The monoisotopic (exact) mass is 275 g/mol. The summed E-state index contributed by atoms with van der Waals surface area (Å²) in [5.41, 5.74) is 0. The quantitative estimate of drug-likeness (QED) is 0.478. The van der Waals surface area contributed by atoms with E-state index in [1.54, 1.807) is 11.8 Å². The molecule has 0 aromatic rings. The first-order valence-corrected chi connectivity index (χ1v) is 7.65. The SMILES string of the molecule is CCN(CC)C(=O)CCCSCC(C)C(=O)OC. The minimum atomic E-state index is -0.165. The maximum atomic E-state index is 11.7. The maximum Gasteiger partial charge on any atom is 0.309 e. The Morgan fingerprint density at radius 3 is 2.39 bits per heavy atom. The highest BCUT2D eigenvalue weighted by Gasteiger charge is 2.13. The number of hydrogen-bond donors (Lipinski definition) is 0. The Morgan fingerprint density at radius 2 is 1.89 bits per heavy atom. The van der Waals surface area contributed by atoms with Gasteiger partial charge in [0, 0.05) is 25.3 Å². The van der Waals surface area contributed by atoms with Crippen LogP contribution in [-0.2, 0) is 14.3 Å². The number of ether oxygens (including phenoxy) is 1. The summed E-state index contributed by atoms with van der Waals surface area (Å²) >= 11 is 1.70. The second kappa shape index (κ2) is 10.2. The molecule has 5 heteroatoms. The van der Waals surface area contributed by atoms with Crippen LogP contribution < -0.4 is 0 Å². The molecule has 0 aliphatic rings. The average Bonchev–Trinajstić information content (AvgIpc) is 2.38. The molecular weight excluding hydrogens is 250 g/mol. The van der Waals surface area contributed by atoms with Crippen molar-refractivity contribution in [2.45, 2.75) is 33.6 Å². The number of carbonyl (C=O) groups is 2. The molecule has 0 fully saturated rings. The van der Waals surface area contributed by atoms with Crippen molar-refractivity contribution in [1.82, 2.24) is 4.90 Å². The average molecular weight is 275 g/mol. The van der Waals surface area contributed by atoms with Crippen LogP contribution in [0.3, 0.4) is 0 Å². The van der Waals surface area contributed by atoms with Crippen LogP contribution >= 0.6 is 11.8 Å². The zero-order valence-electron chi connectivity index (χ0n) is 11.9. The van der Waals surface area contributed by atoms with Crippen LogP contribution in [0, 0.1) is 5.92 Å². The first-order valence-electron chi connectivity index (χ1n) is 6.50. The molecule has 0 aliphatic carbocycles. The van der Waals surface area contributed by atoms with E-state index in [4.69, 9.17) is 0 Å². The summed E-state index contributed by atoms with van der Waals surface area (Å²) in [7, 11) is 1.41. The van der Waals surface area contributed by atoms with Crippen molar-refractivity contribution < 1.29 is 14.3 Å². The molecular formula is C13H25NO3S. The van der Waals surface area contributed by atoms with Crippen molar-refractivity contribution in [3.05, 3.63) is 0 Å². The minimum Gasteiger partial charge on any atom is -0.469 e. The molecule has 0 rings (SSSR count). The van der Waals surface area contributed by atoms with Crippen molar-refractivity contribution in [2.24, 2.45) is 5.92 Å². The van der Waals surface area contributed by atoms with Crippen molar-refractivity contribution in [3.8, 4) is 0 Å². The van der Waals surface area contributed by atoms with Crippen molar-refractivity contribution in [3.63, 3.8) is 0 Å². The molecule has 0 saturated heterocycles. The smallest absolute Gasteiger partial charge is 0.309 e. The fourth-order valence-corrected chi connectivity index (χ4v) is 2.59. The van der Waals surface area contributed by atoms with E-state index in [1.165, 1.54) is 7.11 Å². The molecule has 4 nitrogen and oxygen atoms in total. The zero-order chi connectivity index (χ0) is 14.0. The van der Waals surface area contributed by atoms with Crippen LogP contribution in [0.4, 0.5) is 0 Å². The summed E-state index contributed by atoms with van der Waals surface area (Å²) in [4.78, 5) is 24.7. The summed E-state index contributed by atoms with van der Waals surface area (Å²) in [6.45, 7) is 7.41. The van der Waals surface area contributed by atoms with Gasteiger partial charge < -0.3 is 9.64 Å². The Balaban J connectivity index is 3.62. The molecule has 106 valence electrons. The summed E-state index contributed by atoms with van der Waals surface area (Å²) in [6.07, 6.45) is 1.47. The van der Waals surface area contributed by atoms with Crippen LogP contribution in [0.15, 0.2) is 0 Å². The third-order valence-electron chi connectivity index (χ3n) is 2.77. The highest BCUT2D eigenvalue weighted by molar-refractivity contribution is 7.99. The molecule has 1 unspecified atom stereocenters. The van der Waals surface area contributed by atoms with Gasteiger partial charge in [-0.25, -0.2) is 0 Å². The second-order valence-electron chi connectivity index (χ2n) is 4.17. The number of carbonyl (C=O) groups excluding carboxylic acids is 2. The predicted molar refractivity (Wildman–Crippen MR) is 75.7 cm³/mol. The van der Waals surface area contributed by atoms with Crippen LogP contribution in [0.5, 0.6) is 0 Å². The van der Waals surface area contributed by atoms with E-state index in [9.17, 15) is 9.59 Å². The fraction of sp³-hybridized carbons (Fsp3) is 0.846. The maximum absolute atomic E-state index is 11.7. The highest BCUT2D eigenvalue weighted by atomic mass is 32.2. The van der Waals surface area contributed by atoms with Gasteiger partial charge in [0.25, 0.3) is 0 Å². The third kappa shape index (κ3) is 6.89. The molecule has 0 aromatic heterocycles. The number of rotatable bonds is 9. The fourth-order valence-electron chi connectivity index (χ4n) is 1.59. The van der Waals surface area contributed by atoms with Crippen LogP contribution in [0.2, 0.25) is 0 Å². The molecule has 0 aromatic carbocycles. The number of esters is 1. The second-order valence-corrected chi connectivity index (χ2v) is 5.32. The molecule has 1 amide bonds. The normalized spacial score (nSPS) is 12.0. The van der Waals surface area contributed by atoms with E-state index in [0.717, 1.165) is 31.0 Å². The Bertz CT molecular complexity index is 255. The van der Waals surface area contributed by atoms with Gasteiger partial charge in [0.2, 0.25) is 5.91 Å². The number of amides is 1. The standard InChI is InChI=1S/C13H25NO3S/c1-5-14(6-2)12(15)8-7-9-18-10-11(3)13(16)17-4/h11H,5-10H2,1-4H3. The van der Waals surface area contributed by atoms with E-state index < -0.39 is 0 Å². The summed E-state index contributed by atoms with van der Waals surface area (Å²) in [6, 6.07) is 0. The Morgan fingerprint density at radius 1 is 1.28 bits per heavy atom. The van der Waals surface area contributed by atoms with Gasteiger partial charge in [-0.2, -0.15) is 11.8 Å². The van der Waals surface area contributed by atoms with Crippen molar-refractivity contribution in [1.29, 1.82) is 0 Å². The third-order valence-corrected chi connectivity index (χ3v) is 4.08. The van der Waals surface area contributed by atoms with Crippen LogP contribution in [0.25, 0.3) is 0 Å². The lowest BCUT2D eigenvalue weighted by Gasteiger charge is -2.18. The van der Waals surface area contributed by atoms with Gasteiger partial charge in [0.05, 0.1) is 13.0 Å². The number of thioether (sulfide) groups is 1. The number of nitrogens with zero attached hydrogens (tertiary/aromatic N) is 1. The van der Waals surface area contributed by atoms with E-state index in [0.29, 0.717) is 6.42 Å². The molecule has 1 atom stereocenters. The van der Waals surface area contributed by atoms with Gasteiger partial charge in [-0.15, -0.1) is 0 Å². The lowest BCUT2D eigenvalue weighted by molar-refractivity contribution is -0.144. The summed E-state index contributed by atoms with van der Waals surface area (Å²) in [5, 5.41) is 0. The van der Waals surface area contributed by atoms with Crippen molar-refractivity contribution >= 4 is 23.6 Å². The van der Waals surface area contributed by atoms with Gasteiger partial charge in [-0.1, -0.05) is 6.92 Å². The molecule has 0 N–H and O–H groups in total. The van der Waals surface area contributed by atoms with Gasteiger partial charge >= 0.3 is 5.97 Å². The first kappa shape index (κ1) is 17.3. The Kier molecular flexibility index (Phi) is 9.83. The molecule has 0 spiro atoms. The van der Waals surface area contributed by atoms with Crippen LogP contribution in [-0.4, -0.2) is 48.5 Å². The molecule has 0 aliphatic heterocycles. The molecule has 0 radical (unpaired) electrons. The molecule has 18 heavy (non-hydrogen) atoms. The van der Waals surface area contributed by atoms with Crippen molar-refractivity contribution in [2.75, 3.05) is 31.7 Å². The van der Waals surface area contributed by atoms with E-state index in [-0.39, 0.29) is 17.8 Å². The zero-order valence-corrected chi connectivity index (χ0v) is 12.7.